The van der Waals surface area contributed by atoms with Crippen LogP contribution in [0.15, 0.2) is 66.7 Å². The number of para-hydroxylation sites is 1. The Hall–Kier alpha value is -2.86. The lowest BCUT2D eigenvalue weighted by Gasteiger charge is -2.14. The number of fused-ring (bicyclic) bond motifs is 1. The van der Waals surface area contributed by atoms with Gasteiger partial charge in [-0.1, -0.05) is 65.7 Å². The van der Waals surface area contributed by atoms with E-state index in [2.05, 4.69) is 10.3 Å². The van der Waals surface area contributed by atoms with Gasteiger partial charge in [0.05, 0.1) is 39.5 Å². The monoisotopic (exact) mass is 439 g/mol. The number of aromatic nitrogens is 2. The Labute approximate surface area is 183 Å². The molecule has 0 aliphatic rings. The van der Waals surface area contributed by atoms with E-state index in [9.17, 15) is 9.90 Å². The molecule has 2 N–H and O–H groups in total. The summed E-state index contributed by atoms with van der Waals surface area (Å²) in [4.78, 5) is 17.4. The first-order valence-corrected chi connectivity index (χ1v) is 10.2. The maximum absolute atomic E-state index is 12.8. The molecule has 1 atom stereocenters. The zero-order chi connectivity index (χ0) is 21.3. The van der Waals surface area contributed by atoms with Crippen LogP contribution in [-0.2, 0) is 6.54 Å². The minimum atomic E-state index is -0.678. The van der Waals surface area contributed by atoms with Crippen LogP contribution in [0, 0.1) is 6.92 Å². The van der Waals surface area contributed by atoms with Gasteiger partial charge in [0.2, 0.25) is 0 Å². The van der Waals surface area contributed by atoms with Crippen molar-refractivity contribution in [3.05, 3.63) is 93.7 Å². The van der Waals surface area contributed by atoms with Crippen LogP contribution in [0.4, 0.5) is 5.69 Å². The number of aliphatic hydroxyl groups excluding tert-OH is 1. The highest BCUT2D eigenvalue weighted by molar-refractivity contribution is 6.40. The maximum Gasteiger partial charge on any atom is 0.258 e. The lowest BCUT2D eigenvalue weighted by atomic mass is 10.1. The number of nitrogens with one attached hydrogen (secondary N) is 1. The Morgan fingerprint density at radius 3 is 2.40 bits per heavy atom. The molecule has 1 aromatic heterocycles. The molecule has 4 aromatic rings. The number of aliphatic hydroxyl groups is 1. The molecule has 4 rings (SSSR count). The molecule has 1 heterocycles. The van der Waals surface area contributed by atoms with Gasteiger partial charge in [-0.2, -0.15) is 0 Å². The van der Waals surface area contributed by atoms with Gasteiger partial charge in [0.15, 0.2) is 0 Å². The van der Waals surface area contributed by atoms with E-state index < -0.39 is 12.0 Å². The number of imidazole rings is 1. The van der Waals surface area contributed by atoms with Crippen LogP contribution in [0.3, 0.4) is 0 Å². The number of aryl methyl sites for hydroxylation is 1. The fourth-order valence-electron chi connectivity index (χ4n) is 3.45. The van der Waals surface area contributed by atoms with Gasteiger partial charge in [-0.3, -0.25) is 4.79 Å². The first kappa shape index (κ1) is 20.4. The Balaban J connectivity index is 1.67. The summed E-state index contributed by atoms with van der Waals surface area (Å²) in [7, 11) is 0. The van der Waals surface area contributed by atoms with Crippen molar-refractivity contribution in [2.45, 2.75) is 19.6 Å². The molecule has 0 bridgehead atoms. The molecule has 30 heavy (non-hydrogen) atoms. The van der Waals surface area contributed by atoms with Gasteiger partial charge in [-0.05, 0) is 36.8 Å². The second-order valence-corrected chi connectivity index (χ2v) is 7.73. The van der Waals surface area contributed by atoms with E-state index in [0.29, 0.717) is 17.7 Å². The molecule has 7 heteroatoms. The number of benzene rings is 3. The lowest BCUT2D eigenvalue weighted by molar-refractivity contribution is 0.102. The standard InChI is InChI=1S/C23H19Cl2N3O2/c1-14-26-22-18(27-23(30)21-16(24)9-5-10-17(21)25)11-6-12-19(22)28(14)13-20(29)15-7-3-2-4-8-15/h2-12,20,29H,13H2,1H3,(H,27,30). The Bertz CT molecular complexity index is 1200. The topological polar surface area (TPSA) is 67.2 Å². The van der Waals surface area contributed by atoms with Gasteiger partial charge in [-0.25, -0.2) is 4.98 Å². The summed E-state index contributed by atoms with van der Waals surface area (Å²) in [5.41, 5.74) is 3.03. The van der Waals surface area contributed by atoms with Crippen molar-refractivity contribution in [1.82, 2.24) is 9.55 Å². The summed E-state index contributed by atoms with van der Waals surface area (Å²) in [6.07, 6.45) is -0.678. The summed E-state index contributed by atoms with van der Waals surface area (Å²) in [5.74, 6) is 0.326. The normalized spacial score (nSPS) is 12.1. The molecule has 1 amide bonds. The van der Waals surface area contributed by atoms with Crippen molar-refractivity contribution in [1.29, 1.82) is 0 Å². The fraction of sp³-hybridized carbons (Fsp3) is 0.130. The third-order valence-electron chi connectivity index (χ3n) is 4.95. The zero-order valence-corrected chi connectivity index (χ0v) is 17.7. The van der Waals surface area contributed by atoms with Gasteiger partial charge in [0.25, 0.3) is 5.91 Å². The molecule has 0 saturated carbocycles. The molecule has 5 nitrogen and oxygen atoms in total. The first-order valence-electron chi connectivity index (χ1n) is 9.40. The number of carbonyl (C=O) groups is 1. The summed E-state index contributed by atoms with van der Waals surface area (Å²) < 4.78 is 1.94. The number of nitrogens with zero attached hydrogens (tertiary/aromatic N) is 2. The number of rotatable bonds is 5. The van der Waals surface area contributed by atoms with Gasteiger partial charge in [-0.15, -0.1) is 0 Å². The molecule has 1 unspecified atom stereocenters. The van der Waals surface area contributed by atoms with Gasteiger partial charge < -0.3 is 15.0 Å². The zero-order valence-electron chi connectivity index (χ0n) is 16.1. The largest absolute Gasteiger partial charge is 0.387 e. The Morgan fingerprint density at radius 2 is 1.70 bits per heavy atom. The predicted octanol–water partition coefficient (Wildman–Crippen LogP) is 5.64. The van der Waals surface area contributed by atoms with Crippen molar-refractivity contribution < 1.29 is 9.90 Å². The maximum atomic E-state index is 12.8. The third kappa shape index (κ3) is 3.92. The highest BCUT2D eigenvalue weighted by Gasteiger charge is 2.19. The van der Waals surface area contributed by atoms with E-state index in [1.54, 1.807) is 24.3 Å². The number of anilines is 1. The molecule has 0 aliphatic heterocycles. The quantitative estimate of drug-likeness (QED) is 0.422. The van der Waals surface area contributed by atoms with E-state index in [0.717, 1.165) is 16.9 Å². The predicted molar refractivity (Wildman–Crippen MR) is 120 cm³/mol. The average molecular weight is 440 g/mol. The van der Waals surface area contributed by atoms with E-state index in [1.165, 1.54) is 0 Å². The van der Waals surface area contributed by atoms with Crippen LogP contribution in [0.2, 0.25) is 10.0 Å². The Kier molecular flexibility index (Phi) is 5.77. The summed E-state index contributed by atoms with van der Waals surface area (Å²) in [5, 5.41) is 14.1. The molecular weight excluding hydrogens is 421 g/mol. The highest BCUT2D eigenvalue weighted by atomic mass is 35.5. The number of hydrogen-bond donors (Lipinski definition) is 2. The molecule has 3 aromatic carbocycles. The molecule has 0 fully saturated rings. The SMILES string of the molecule is Cc1nc2c(NC(=O)c3c(Cl)cccc3Cl)cccc2n1CC(O)c1ccccc1. The van der Waals surface area contributed by atoms with Crippen LogP contribution in [0.25, 0.3) is 11.0 Å². The van der Waals surface area contributed by atoms with Crippen molar-refractivity contribution in [2.24, 2.45) is 0 Å². The van der Waals surface area contributed by atoms with Crippen LogP contribution in [0.1, 0.15) is 27.8 Å². The van der Waals surface area contributed by atoms with Crippen molar-refractivity contribution in [3.8, 4) is 0 Å². The molecule has 0 spiro atoms. The van der Waals surface area contributed by atoms with Crippen LogP contribution in [-0.4, -0.2) is 20.6 Å². The minimum absolute atomic E-state index is 0.216. The van der Waals surface area contributed by atoms with Gasteiger partial charge in [0, 0.05) is 0 Å². The van der Waals surface area contributed by atoms with Gasteiger partial charge >= 0.3 is 0 Å². The molecule has 0 radical (unpaired) electrons. The van der Waals surface area contributed by atoms with Crippen LogP contribution < -0.4 is 5.32 Å². The smallest absolute Gasteiger partial charge is 0.258 e. The fourth-order valence-corrected chi connectivity index (χ4v) is 4.02. The number of carbonyl (C=O) groups excluding carboxylic acids is 1. The van der Waals surface area contributed by atoms with Crippen molar-refractivity contribution in [2.75, 3.05) is 5.32 Å². The lowest BCUT2D eigenvalue weighted by Crippen LogP contribution is -2.13. The van der Waals surface area contributed by atoms with E-state index in [4.69, 9.17) is 23.2 Å². The average Bonchev–Trinajstić information content (AvgIpc) is 3.05. The third-order valence-corrected chi connectivity index (χ3v) is 5.58. The summed E-state index contributed by atoms with van der Waals surface area (Å²) >= 11 is 12.3. The first-order chi connectivity index (χ1) is 14.5. The molecule has 0 aliphatic carbocycles. The van der Waals surface area contributed by atoms with Crippen LogP contribution in [0.5, 0.6) is 0 Å². The van der Waals surface area contributed by atoms with E-state index in [1.807, 2.05) is 54.0 Å². The highest BCUT2D eigenvalue weighted by Crippen LogP contribution is 2.29. The number of halogens is 2. The minimum Gasteiger partial charge on any atom is -0.387 e. The molecule has 0 saturated heterocycles. The number of amides is 1. The molecular formula is C23H19Cl2N3O2. The summed E-state index contributed by atoms with van der Waals surface area (Å²) in [6.45, 7) is 2.22. The Morgan fingerprint density at radius 1 is 1.03 bits per heavy atom. The van der Waals surface area contributed by atoms with Gasteiger partial charge in [0.1, 0.15) is 11.3 Å². The number of hydrogen-bond acceptors (Lipinski definition) is 3. The second-order valence-electron chi connectivity index (χ2n) is 6.92. The van der Waals surface area contributed by atoms with E-state index in [-0.39, 0.29) is 15.6 Å². The van der Waals surface area contributed by atoms with Crippen molar-refractivity contribution in [3.63, 3.8) is 0 Å². The molecule has 152 valence electrons. The van der Waals surface area contributed by atoms with Crippen LogP contribution >= 0.6 is 23.2 Å². The van der Waals surface area contributed by atoms with E-state index >= 15 is 0 Å². The second kappa shape index (κ2) is 8.48. The summed E-state index contributed by atoms with van der Waals surface area (Å²) in [6, 6.07) is 19.9. The van der Waals surface area contributed by atoms with Crippen molar-refractivity contribution >= 4 is 45.8 Å².